The van der Waals surface area contributed by atoms with E-state index in [1.165, 1.54) is 25.7 Å². The molecule has 1 aliphatic rings. The highest BCUT2D eigenvalue weighted by Crippen LogP contribution is 2.34. The van der Waals surface area contributed by atoms with Gasteiger partial charge in [-0.2, -0.15) is 0 Å². The molecule has 18 heavy (non-hydrogen) atoms. The van der Waals surface area contributed by atoms with Gasteiger partial charge in [-0.3, -0.25) is 4.79 Å². The van der Waals surface area contributed by atoms with Crippen molar-refractivity contribution < 1.29 is 0 Å². The highest BCUT2D eigenvalue weighted by molar-refractivity contribution is 4.93. The van der Waals surface area contributed by atoms with E-state index in [9.17, 15) is 4.79 Å². The summed E-state index contributed by atoms with van der Waals surface area (Å²) in [6.07, 6.45) is 7.03. The lowest BCUT2D eigenvalue weighted by Gasteiger charge is -2.35. The van der Waals surface area contributed by atoms with Gasteiger partial charge in [0.2, 0.25) is 0 Å². The molecule has 0 bridgehead atoms. The van der Waals surface area contributed by atoms with Gasteiger partial charge in [-0.1, -0.05) is 26.3 Å². The SMILES string of the molecule is CC1(C)CCCC(NCCn2ccccc2=O)C1. The Morgan fingerprint density at radius 3 is 3.00 bits per heavy atom. The van der Waals surface area contributed by atoms with Crippen LogP contribution in [0.15, 0.2) is 29.2 Å². The van der Waals surface area contributed by atoms with Crippen LogP contribution in [-0.4, -0.2) is 17.2 Å². The van der Waals surface area contributed by atoms with Crippen molar-refractivity contribution in [1.29, 1.82) is 0 Å². The Kier molecular flexibility index (Phi) is 4.23. The molecule has 0 radical (unpaired) electrons. The zero-order chi connectivity index (χ0) is 13.0. The number of rotatable bonds is 4. The standard InChI is InChI=1S/C15H24N2O/c1-15(2)8-5-6-13(12-15)16-9-11-17-10-4-3-7-14(17)18/h3-4,7,10,13,16H,5-6,8-9,11-12H2,1-2H3. The maximum Gasteiger partial charge on any atom is 0.250 e. The fourth-order valence-corrected chi connectivity index (χ4v) is 2.91. The van der Waals surface area contributed by atoms with Crippen LogP contribution in [-0.2, 0) is 6.54 Å². The number of nitrogens with one attached hydrogen (secondary N) is 1. The van der Waals surface area contributed by atoms with E-state index in [1.54, 1.807) is 16.7 Å². The fraction of sp³-hybridized carbons (Fsp3) is 0.667. The zero-order valence-electron chi connectivity index (χ0n) is 11.5. The molecular formula is C15H24N2O. The zero-order valence-corrected chi connectivity index (χ0v) is 11.5. The second-order valence-corrected chi connectivity index (χ2v) is 6.14. The molecule has 1 heterocycles. The Morgan fingerprint density at radius 1 is 1.44 bits per heavy atom. The third kappa shape index (κ3) is 3.70. The molecule has 0 spiro atoms. The molecule has 1 atom stereocenters. The lowest BCUT2D eigenvalue weighted by atomic mass is 9.75. The molecule has 0 amide bonds. The van der Waals surface area contributed by atoms with Gasteiger partial charge in [0.05, 0.1) is 0 Å². The normalized spacial score (nSPS) is 22.9. The number of pyridine rings is 1. The van der Waals surface area contributed by atoms with Crippen LogP contribution in [0.2, 0.25) is 0 Å². The van der Waals surface area contributed by atoms with Gasteiger partial charge in [-0.15, -0.1) is 0 Å². The van der Waals surface area contributed by atoms with Crippen LogP contribution in [0.3, 0.4) is 0 Å². The summed E-state index contributed by atoms with van der Waals surface area (Å²) in [5, 5.41) is 3.59. The highest BCUT2D eigenvalue weighted by atomic mass is 16.1. The molecule has 1 fully saturated rings. The van der Waals surface area contributed by atoms with E-state index in [4.69, 9.17) is 0 Å². The van der Waals surface area contributed by atoms with E-state index in [0.29, 0.717) is 11.5 Å². The monoisotopic (exact) mass is 248 g/mol. The molecule has 1 unspecified atom stereocenters. The average Bonchev–Trinajstić information content (AvgIpc) is 2.30. The van der Waals surface area contributed by atoms with Crippen molar-refractivity contribution in [1.82, 2.24) is 9.88 Å². The Bertz CT molecular complexity index is 436. The van der Waals surface area contributed by atoms with Crippen molar-refractivity contribution in [3.05, 3.63) is 34.7 Å². The number of aromatic nitrogens is 1. The summed E-state index contributed by atoms with van der Waals surface area (Å²) in [5.74, 6) is 0. The molecular weight excluding hydrogens is 224 g/mol. The fourth-order valence-electron chi connectivity index (χ4n) is 2.91. The van der Waals surface area contributed by atoms with Gasteiger partial charge in [0, 0.05) is 31.4 Å². The lowest BCUT2D eigenvalue weighted by Crippen LogP contribution is -2.39. The van der Waals surface area contributed by atoms with Crippen molar-refractivity contribution in [2.24, 2.45) is 5.41 Å². The van der Waals surface area contributed by atoms with E-state index < -0.39 is 0 Å². The summed E-state index contributed by atoms with van der Waals surface area (Å²) in [6.45, 7) is 6.34. The third-order valence-electron chi connectivity index (χ3n) is 3.89. The van der Waals surface area contributed by atoms with E-state index >= 15 is 0 Å². The maximum absolute atomic E-state index is 11.5. The van der Waals surface area contributed by atoms with Gasteiger partial charge in [0.1, 0.15) is 0 Å². The summed E-state index contributed by atoms with van der Waals surface area (Å²) >= 11 is 0. The first-order valence-corrected chi connectivity index (χ1v) is 6.96. The molecule has 0 aliphatic heterocycles. The summed E-state index contributed by atoms with van der Waals surface area (Å²) < 4.78 is 1.76. The quantitative estimate of drug-likeness (QED) is 0.888. The molecule has 1 aromatic rings. The van der Waals surface area contributed by atoms with E-state index in [1.807, 2.05) is 12.3 Å². The Morgan fingerprint density at radius 2 is 2.28 bits per heavy atom. The average molecular weight is 248 g/mol. The summed E-state index contributed by atoms with van der Waals surface area (Å²) in [7, 11) is 0. The van der Waals surface area contributed by atoms with Crippen LogP contribution in [0.1, 0.15) is 39.5 Å². The van der Waals surface area contributed by atoms with Crippen LogP contribution < -0.4 is 10.9 Å². The first-order valence-electron chi connectivity index (χ1n) is 6.96. The van der Waals surface area contributed by atoms with Crippen molar-refractivity contribution in [3.8, 4) is 0 Å². The van der Waals surface area contributed by atoms with Gasteiger partial charge in [0.25, 0.3) is 5.56 Å². The molecule has 1 aromatic heterocycles. The molecule has 1 saturated carbocycles. The predicted molar refractivity (Wildman–Crippen MR) is 74.7 cm³/mol. The second kappa shape index (κ2) is 5.70. The number of hydrogen-bond donors (Lipinski definition) is 1. The molecule has 1 N–H and O–H groups in total. The summed E-state index contributed by atoms with van der Waals surface area (Å²) in [6, 6.07) is 5.93. The highest BCUT2D eigenvalue weighted by Gasteiger charge is 2.27. The summed E-state index contributed by atoms with van der Waals surface area (Å²) in [4.78, 5) is 11.5. The van der Waals surface area contributed by atoms with Crippen LogP contribution in [0.25, 0.3) is 0 Å². The molecule has 1 aliphatic carbocycles. The number of nitrogens with zero attached hydrogens (tertiary/aromatic N) is 1. The van der Waals surface area contributed by atoms with E-state index in [0.717, 1.165) is 13.1 Å². The Labute approximate surface area is 109 Å². The van der Waals surface area contributed by atoms with Gasteiger partial charge >= 0.3 is 0 Å². The van der Waals surface area contributed by atoms with Crippen LogP contribution in [0, 0.1) is 5.41 Å². The molecule has 3 heteroatoms. The first kappa shape index (κ1) is 13.3. The van der Waals surface area contributed by atoms with Crippen LogP contribution in [0.4, 0.5) is 0 Å². The van der Waals surface area contributed by atoms with Crippen molar-refractivity contribution in [2.75, 3.05) is 6.54 Å². The Balaban J connectivity index is 1.79. The molecule has 2 rings (SSSR count). The van der Waals surface area contributed by atoms with E-state index in [-0.39, 0.29) is 5.56 Å². The molecule has 0 saturated heterocycles. The smallest absolute Gasteiger partial charge is 0.250 e. The van der Waals surface area contributed by atoms with Crippen molar-refractivity contribution in [2.45, 2.75) is 52.1 Å². The molecule has 100 valence electrons. The third-order valence-corrected chi connectivity index (χ3v) is 3.89. The van der Waals surface area contributed by atoms with Crippen molar-refractivity contribution >= 4 is 0 Å². The first-order chi connectivity index (χ1) is 8.57. The van der Waals surface area contributed by atoms with E-state index in [2.05, 4.69) is 19.2 Å². The lowest BCUT2D eigenvalue weighted by molar-refractivity contribution is 0.198. The number of hydrogen-bond acceptors (Lipinski definition) is 2. The van der Waals surface area contributed by atoms with Crippen molar-refractivity contribution in [3.63, 3.8) is 0 Å². The minimum Gasteiger partial charge on any atom is -0.314 e. The topological polar surface area (TPSA) is 34.0 Å². The largest absolute Gasteiger partial charge is 0.314 e. The van der Waals surface area contributed by atoms with Gasteiger partial charge in [0.15, 0.2) is 0 Å². The van der Waals surface area contributed by atoms with Gasteiger partial charge in [-0.25, -0.2) is 0 Å². The van der Waals surface area contributed by atoms with Gasteiger partial charge < -0.3 is 9.88 Å². The molecule has 0 aromatic carbocycles. The van der Waals surface area contributed by atoms with Gasteiger partial charge in [-0.05, 0) is 30.7 Å². The maximum atomic E-state index is 11.5. The van der Waals surface area contributed by atoms with Crippen LogP contribution in [0.5, 0.6) is 0 Å². The Hall–Kier alpha value is -1.09. The predicted octanol–water partition coefficient (Wildman–Crippen LogP) is 2.41. The van der Waals surface area contributed by atoms with Crippen LogP contribution >= 0.6 is 0 Å². The molecule has 3 nitrogen and oxygen atoms in total. The summed E-state index contributed by atoms with van der Waals surface area (Å²) in [5.41, 5.74) is 0.558. The minimum absolute atomic E-state index is 0.0864. The second-order valence-electron chi connectivity index (χ2n) is 6.14. The minimum atomic E-state index is 0.0864.